The monoisotopic (exact) mass is 284 g/mol. The zero-order valence-electron chi connectivity index (χ0n) is 10.1. The third-order valence-electron chi connectivity index (χ3n) is 2.39. The molecule has 100 valence electrons. The maximum atomic E-state index is 13.4. The van der Waals surface area contributed by atoms with Gasteiger partial charge in [-0.2, -0.15) is 0 Å². The van der Waals surface area contributed by atoms with Gasteiger partial charge in [-0.15, -0.1) is 0 Å². The molecule has 0 radical (unpaired) electrons. The summed E-state index contributed by atoms with van der Waals surface area (Å²) in [4.78, 5) is 3.94. The largest absolute Gasteiger partial charge is 0.436 e. The van der Waals surface area contributed by atoms with Crippen molar-refractivity contribution in [1.29, 1.82) is 0 Å². The summed E-state index contributed by atoms with van der Waals surface area (Å²) in [6, 6.07) is 4.67. The molecule has 0 saturated carbocycles. The van der Waals surface area contributed by atoms with Crippen LogP contribution in [-0.2, 0) is 6.54 Å². The normalized spacial score (nSPS) is 10.5. The minimum atomic E-state index is -0.785. The van der Waals surface area contributed by atoms with Crippen LogP contribution in [0.25, 0.3) is 0 Å². The fraction of sp³-hybridized carbons (Fsp3) is 0.154. The van der Waals surface area contributed by atoms with E-state index in [2.05, 4.69) is 10.3 Å². The molecule has 2 rings (SSSR count). The van der Waals surface area contributed by atoms with Crippen LogP contribution in [0.2, 0.25) is 5.02 Å². The molecule has 1 heterocycles. The number of aromatic nitrogens is 1. The van der Waals surface area contributed by atoms with Crippen LogP contribution in [-0.4, -0.2) is 12.0 Å². The lowest BCUT2D eigenvalue weighted by atomic mass is 10.2. The first-order chi connectivity index (χ1) is 9.10. The number of benzene rings is 1. The smallest absolute Gasteiger partial charge is 0.219 e. The van der Waals surface area contributed by atoms with Gasteiger partial charge < -0.3 is 10.1 Å². The molecule has 0 amide bonds. The van der Waals surface area contributed by atoms with Gasteiger partial charge >= 0.3 is 0 Å². The van der Waals surface area contributed by atoms with Crippen LogP contribution < -0.4 is 10.1 Å². The molecule has 3 nitrogen and oxygen atoms in total. The van der Waals surface area contributed by atoms with Crippen LogP contribution in [0.3, 0.4) is 0 Å². The minimum absolute atomic E-state index is 0.0911. The number of ether oxygens (including phenoxy) is 1. The van der Waals surface area contributed by atoms with Gasteiger partial charge in [-0.05, 0) is 24.7 Å². The molecular weight excluding hydrogens is 274 g/mol. The molecule has 19 heavy (non-hydrogen) atoms. The minimum Gasteiger partial charge on any atom is -0.436 e. The number of nitrogens with zero attached hydrogens (tertiary/aromatic N) is 1. The first kappa shape index (κ1) is 13.7. The van der Waals surface area contributed by atoms with Gasteiger partial charge in [0.25, 0.3) is 0 Å². The van der Waals surface area contributed by atoms with E-state index in [-0.39, 0.29) is 11.6 Å². The molecule has 2 aromatic rings. The summed E-state index contributed by atoms with van der Waals surface area (Å²) >= 11 is 5.95. The number of rotatable bonds is 4. The summed E-state index contributed by atoms with van der Waals surface area (Å²) < 4.78 is 31.5. The molecule has 0 fully saturated rings. The Labute approximate surface area is 114 Å². The van der Waals surface area contributed by atoms with Crippen molar-refractivity contribution >= 4 is 11.6 Å². The average molecular weight is 285 g/mol. The number of hydrogen-bond acceptors (Lipinski definition) is 3. The van der Waals surface area contributed by atoms with Crippen LogP contribution >= 0.6 is 11.6 Å². The van der Waals surface area contributed by atoms with E-state index in [1.54, 1.807) is 13.1 Å². The number of nitrogens with one attached hydrogen (secondary N) is 1. The summed E-state index contributed by atoms with van der Waals surface area (Å²) in [7, 11) is 1.77. The van der Waals surface area contributed by atoms with Crippen molar-refractivity contribution in [3.05, 3.63) is 52.7 Å². The second-order valence-electron chi connectivity index (χ2n) is 3.82. The highest BCUT2D eigenvalue weighted by atomic mass is 35.5. The molecule has 1 aromatic carbocycles. The fourth-order valence-electron chi connectivity index (χ4n) is 1.51. The molecule has 6 heteroatoms. The molecule has 0 unspecified atom stereocenters. The Morgan fingerprint density at radius 2 is 2.11 bits per heavy atom. The van der Waals surface area contributed by atoms with E-state index < -0.39 is 11.6 Å². The first-order valence-electron chi connectivity index (χ1n) is 5.52. The Hall–Kier alpha value is -1.72. The van der Waals surface area contributed by atoms with Gasteiger partial charge in [-0.3, -0.25) is 0 Å². The van der Waals surface area contributed by atoms with Gasteiger partial charge in [0.05, 0.1) is 5.02 Å². The highest BCUT2D eigenvalue weighted by Crippen LogP contribution is 2.26. The van der Waals surface area contributed by atoms with Crippen molar-refractivity contribution < 1.29 is 13.5 Å². The van der Waals surface area contributed by atoms with E-state index in [1.165, 1.54) is 12.3 Å². The lowest BCUT2D eigenvalue weighted by Crippen LogP contribution is -2.06. The van der Waals surface area contributed by atoms with E-state index in [0.717, 1.165) is 17.7 Å². The zero-order chi connectivity index (χ0) is 13.8. The van der Waals surface area contributed by atoms with Gasteiger partial charge in [-0.25, -0.2) is 13.8 Å². The second kappa shape index (κ2) is 5.95. The van der Waals surface area contributed by atoms with Crippen LogP contribution in [0, 0.1) is 11.6 Å². The standard InChI is InChI=1S/C13H11ClF2N2O/c1-17-6-8-4-13(18-7-10(8)14)19-12-3-2-9(15)5-11(12)16/h2-5,7,17H,6H2,1H3. The molecular formula is C13H11ClF2N2O. The third-order valence-corrected chi connectivity index (χ3v) is 2.73. The van der Waals surface area contributed by atoms with Crippen molar-refractivity contribution in [1.82, 2.24) is 10.3 Å². The highest BCUT2D eigenvalue weighted by molar-refractivity contribution is 6.31. The quantitative estimate of drug-likeness (QED) is 0.933. The molecule has 0 aliphatic carbocycles. The summed E-state index contributed by atoms with van der Waals surface area (Å²) in [5.74, 6) is -1.34. The summed E-state index contributed by atoms with van der Waals surface area (Å²) in [6.45, 7) is 0.531. The molecule has 1 N–H and O–H groups in total. The van der Waals surface area contributed by atoms with Crippen molar-refractivity contribution in [3.63, 3.8) is 0 Å². The van der Waals surface area contributed by atoms with E-state index in [9.17, 15) is 8.78 Å². The predicted molar refractivity (Wildman–Crippen MR) is 68.4 cm³/mol. The fourth-order valence-corrected chi connectivity index (χ4v) is 1.68. The Morgan fingerprint density at radius 1 is 1.32 bits per heavy atom. The Balaban J connectivity index is 2.25. The number of halogens is 3. The molecule has 1 aromatic heterocycles. The molecule has 0 saturated heterocycles. The van der Waals surface area contributed by atoms with E-state index in [1.807, 2.05) is 0 Å². The van der Waals surface area contributed by atoms with Gasteiger partial charge in [0.15, 0.2) is 11.6 Å². The maximum absolute atomic E-state index is 13.4. The average Bonchev–Trinajstić information content (AvgIpc) is 2.37. The zero-order valence-corrected chi connectivity index (χ0v) is 10.8. The van der Waals surface area contributed by atoms with E-state index in [0.29, 0.717) is 11.6 Å². The first-order valence-corrected chi connectivity index (χ1v) is 5.90. The SMILES string of the molecule is CNCc1cc(Oc2ccc(F)cc2F)ncc1Cl. The predicted octanol–water partition coefficient (Wildman–Crippen LogP) is 3.52. The molecule has 0 bridgehead atoms. The lowest BCUT2D eigenvalue weighted by Gasteiger charge is -2.08. The van der Waals surface area contributed by atoms with Gasteiger partial charge in [0.2, 0.25) is 5.88 Å². The molecule has 0 aliphatic rings. The lowest BCUT2D eigenvalue weighted by molar-refractivity contribution is 0.423. The summed E-state index contributed by atoms with van der Waals surface area (Å²) in [6.07, 6.45) is 1.42. The molecule has 0 spiro atoms. The van der Waals surface area contributed by atoms with Gasteiger partial charge in [0.1, 0.15) is 5.82 Å². The van der Waals surface area contributed by atoms with Gasteiger partial charge in [0, 0.05) is 24.9 Å². The van der Waals surface area contributed by atoms with Crippen LogP contribution in [0.1, 0.15) is 5.56 Å². The number of hydrogen-bond donors (Lipinski definition) is 1. The molecule has 0 aliphatic heterocycles. The van der Waals surface area contributed by atoms with Crippen LogP contribution in [0.4, 0.5) is 8.78 Å². The highest BCUT2D eigenvalue weighted by Gasteiger charge is 2.09. The van der Waals surface area contributed by atoms with E-state index >= 15 is 0 Å². The topological polar surface area (TPSA) is 34.1 Å². The maximum Gasteiger partial charge on any atom is 0.219 e. The van der Waals surface area contributed by atoms with Crippen LogP contribution in [0.5, 0.6) is 11.6 Å². The Kier molecular flexibility index (Phi) is 4.29. The Morgan fingerprint density at radius 3 is 2.79 bits per heavy atom. The van der Waals surface area contributed by atoms with Crippen molar-refractivity contribution in [3.8, 4) is 11.6 Å². The Bertz CT molecular complexity index is 593. The van der Waals surface area contributed by atoms with Crippen LogP contribution in [0.15, 0.2) is 30.5 Å². The third kappa shape index (κ3) is 3.39. The number of pyridine rings is 1. The van der Waals surface area contributed by atoms with Crippen molar-refractivity contribution in [2.24, 2.45) is 0 Å². The van der Waals surface area contributed by atoms with Gasteiger partial charge in [-0.1, -0.05) is 11.6 Å². The van der Waals surface area contributed by atoms with Crippen molar-refractivity contribution in [2.75, 3.05) is 7.05 Å². The molecule has 0 atom stereocenters. The van der Waals surface area contributed by atoms with E-state index in [4.69, 9.17) is 16.3 Å². The second-order valence-corrected chi connectivity index (χ2v) is 4.23. The summed E-state index contributed by atoms with van der Waals surface area (Å²) in [5.41, 5.74) is 0.775. The van der Waals surface area contributed by atoms with Crippen molar-refractivity contribution in [2.45, 2.75) is 6.54 Å². The summed E-state index contributed by atoms with van der Waals surface area (Å²) in [5, 5.41) is 3.43.